The van der Waals surface area contributed by atoms with Gasteiger partial charge in [-0.15, -0.1) is 0 Å². The SMILES string of the molecule is CC(C)Cc1nc(N2CCN(C(=O)COc3ccccc3)CC2)c2cnn(-c3ccccc3)c2n1. The summed E-state index contributed by atoms with van der Waals surface area (Å²) in [5.74, 6) is 2.84. The lowest BCUT2D eigenvalue weighted by Crippen LogP contribution is -2.50. The number of amides is 1. The van der Waals surface area contributed by atoms with Gasteiger partial charge in [0.1, 0.15) is 17.4 Å². The summed E-state index contributed by atoms with van der Waals surface area (Å²) >= 11 is 0. The number of carbonyl (C=O) groups excluding carboxylic acids is 1. The van der Waals surface area contributed by atoms with Gasteiger partial charge in [-0.3, -0.25) is 4.79 Å². The van der Waals surface area contributed by atoms with Gasteiger partial charge in [0.2, 0.25) is 0 Å². The van der Waals surface area contributed by atoms with Gasteiger partial charge in [-0.25, -0.2) is 14.6 Å². The molecule has 3 heterocycles. The van der Waals surface area contributed by atoms with Crippen LogP contribution in [0.15, 0.2) is 66.9 Å². The largest absolute Gasteiger partial charge is 0.484 e. The average molecular weight is 471 g/mol. The Morgan fingerprint density at radius 1 is 0.943 bits per heavy atom. The standard InChI is InChI=1S/C27H30N6O2/c1-20(2)17-24-29-26(23-18-28-33(27(23)30-24)21-9-5-3-6-10-21)32-15-13-31(14-16-32)25(34)19-35-22-11-7-4-8-12-22/h3-12,18,20H,13-17,19H2,1-2H3. The Hall–Kier alpha value is -3.94. The number of para-hydroxylation sites is 2. The fourth-order valence-corrected chi connectivity index (χ4v) is 4.31. The molecule has 0 aliphatic carbocycles. The van der Waals surface area contributed by atoms with Gasteiger partial charge >= 0.3 is 0 Å². The summed E-state index contributed by atoms with van der Waals surface area (Å²) in [7, 11) is 0. The van der Waals surface area contributed by atoms with Gasteiger partial charge in [0.15, 0.2) is 12.3 Å². The van der Waals surface area contributed by atoms with Gasteiger partial charge in [0.25, 0.3) is 5.91 Å². The minimum atomic E-state index is -0.00117. The van der Waals surface area contributed by atoms with Crippen molar-refractivity contribution in [3.8, 4) is 11.4 Å². The number of piperazine rings is 1. The van der Waals surface area contributed by atoms with E-state index in [1.54, 1.807) is 0 Å². The van der Waals surface area contributed by atoms with Crippen LogP contribution >= 0.6 is 0 Å². The Bertz CT molecular complexity index is 1280. The van der Waals surface area contributed by atoms with Crippen molar-refractivity contribution in [3.63, 3.8) is 0 Å². The van der Waals surface area contributed by atoms with E-state index in [2.05, 4.69) is 23.8 Å². The highest BCUT2D eigenvalue weighted by Crippen LogP contribution is 2.27. The lowest BCUT2D eigenvalue weighted by atomic mass is 10.1. The van der Waals surface area contributed by atoms with Gasteiger partial charge in [-0.2, -0.15) is 5.10 Å². The van der Waals surface area contributed by atoms with Crippen LogP contribution < -0.4 is 9.64 Å². The number of carbonyl (C=O) groups is 1. The molecule has 8 heteroatoms. The zero-order valence-corrected chi connectivity index (χ0v) is 20.2. The molecule has 2 aromatic carbocycles. The summed E-state index contributed by atoms with van der Waals surface area (Å²) in [6.07, 6.45) is 2.64. The molecule has 1 aliphatic heterocycles. The number of fused-ring (bicyclic) bond motifs is 1. The van der Waals surface area contributed by atoms with E-state index in [1.807, 2.05) is 76.4 Å². The molecular formula is C27H30N6O2. The maximum atomic E-state index is 12.7. The first-order valence-electron chi connectivity index (χ1n) is 12.1. The van der Waals surface area contributed by atoms with Crippen molar-refractivity contribution in [3.05, 3.63) is 72.7 Å². The van der Waals surface area contributed by atoms with Crippen LogP contribution in [0.5, 0.6) is 5.75 Å². The van der Waals surface area contributed by atoms with Crippen molar-refractivity contribution in [1.82, 2.24) is 24.6 Å². The highest BCUT2D eigenvalue weighted by molar-refractivity contribution is 5.88. The van der Waals surface area contributed by atoms with Crippen LogP contribution in [0.1, 0.15) is 19.7 Å². The van der Waals surface area contributed by atoms with Crippen molar-refractivity contribution < 1.29 is 9.53 Å². The van der Waals surface area contributed by atoms with E-state index >= 15 is 0 Å². The van der Waals surface area contributed by atoms with Crippen LogP contribution in [0.2, 0.25) is 0 Å². The average Bonchev–Trinajstić information content (AvgIpc) is 3.31. The number of aromatic nitrogens is 4. The number of hydrogen-bond donors (Lipinski definition) is 0. The van der Waals surface area contributed by atoms with Crippen LogP contribution in [0.3, 0.4) is 0 Å². The summed E-state index contributed by atoms with van der Waals surface area (Å²) in [6.45, 7) is 7.02. The second-order valence-electron chi connectivity index (χ2n) is 9.16. The normalized spacial score (nSPS) is 14.0. The second kappa shape index (κ2) is 10.1. The Kier molecular flexibility index (Phi) is 6.61. The third kappa shape index (κ3) is 5.11. The summed E-state index contributed by atoms with van der Waals surface area (Å²) in [6, 6.07) is 19.5. The number of nitrogens with zero attached hydrogens (tertiary/aromatic N) is 6. The van der Waals surface area contributed by atoms with Gasteiger partial charge in [0.05, 0.1) is 17.3 Å². The van der Waals surface area contributed by atoms with Crippen molar-refractivity contribution in [1.29, 1.82) is 0 Å². The van der Waals surface area contributed by atoms with Gasteiger partial charge in [0, 0.05) is 32.6 Å². The number of ether oxygens (including phenoxy) is 1. The fraction of sp³-hybridized carbons (Fsp3) is 0.333. The molecule has 0 radical (unpaired) electrons. The Labute approximate surface area is 205 Å². The maximum absolute atomic E-state index is 12.7. The van der Waals surface area contributed by atoms with E-state index in [1.165, 1.54) is 0 Å². The van der Waals surface area contributed by atoms with Crippen molar-refractivity contribution >= 4 is 22.8 Å². The van der Waals surface area contributed by atoms with Gasteiger partial charge in [-0.1, -0.05) is 50.2 Å². The van der Waals surface area contributed by atoms with E-state index < -0.39 is 0 Å². The summed E-state index contributed by atoms with van der Waals surface area (Å²) in [4.78, 5) is 26.6. The molecule has 0 N–H and O–H groups in total. The molecule has 8 nitrogen and oxygen atoms in total. The smallest absolute Gasteiger partial charge is 0.260 e. The highest BCUT2D eigenvalue weighted by atomic mass is 16.5. The maximum Gasteiger partial charge on any atom is 0.260 e. The number of anilines is 1. The molecule has 0 bridgehead atoms. The quantitative estimate of drug-likeness (QED) is 0.410. The molecule has 5 rings (SSSR count). The zero-order chi connectivity index (χ0) is 24.2. The topological polar surface area (TPSA) is 76.4 Å². The monoisotopic (exact) mass is 470 g/mol. The number of rotatable bonds is 7. The van der Waals surface area contributed by atoms with Crippen LogP contribution in [0.4, 0.5) is 5.82 Å². The molecule has 0 saturated carbocycles. The number of hydrogen-bond acceptors (Lipinski definition) is 6. The molecular weight excluding hydrogens is 440 g/mol. The molecule has 4 aromatic rings. The van der Waals surface area contributed by atoms with Crippen molar-refractivity contribution in [2.75, 3.05) is 37.7 Å². The first-order chi connectivity index (χ1) is 17.1. The van der Waals surface area contributed by atoms with Crippen molar-refractivity contribution in [2.24, 2.45) is 5.92 Å². The molecule has 180 valence electrons. The van der Waals surface area contributed by atoms with Gasteiger partial charge < -0.3 is 14.5 Å². The molecule has 1 fully saturated rings. The molecule has 0 atom stereocenters. The second-order valence-corrected chi connectivity index (χ2v) is 9.16. The summed E-state index contributed by atoms with van der Waals surface area (Å²) < 4.78 is 7.53. The third-order valence-corrected chi connectivity index (χ3v) is 6.08. The van der Waals surface area contributed by atoms with Crippen LogP contribution in [-0.4, -0.2) is 63.3 Å². The highest BCUT2D eigenvalue weighted by Gasteiger charge is 2.25. The zero-order valence-electron chi connectivity index (χ0n) is 20.2. The molecule has 0 spiro atoms. The molecule has 2 aromatic heterocycles. The van der Waals surface area contributed by atoms with Crippen LogP contribution in [0, 0.1) is 5.92 Å². The minimum absolute atomic E-state index is 0.00117. The van der Waals surface area contributed by atoms with E-state index in [9.17, 15) is 4.79 Å². The molecule has 1 aliphatic rings. The Morgan fingerprint density at radius 3 is 2.31 bits per heavy atom. The first kappa shape index (κ1) is 22.8. The van der Waals surface area contributed by atoms with E-state index in [-0.39, 0.29) is 12.5 Å². The molecule has 35 heavy (non-hydrogen) atoms. The Balaban J connectivity index is 1.35. The fourth-order valence-electron chi connectivity index (χ4n) is 4.31. The minimum Gasteiger partial charge on any atom is -0.484 e. The van der Waals surface area contributed by atoms with Crippen LogP contribution in [0.25, 0.3) is 16.7 Å². The summed E-state index contributed by atoms with van der Waals surface area (Å²) in [5, 5.41) is 5.57. The number of benzene rings is 2. The predicted molar refractivity (Wildman–Crippen MR) is 136 cm³/mol. The molecule has 0 unspecified atom stereocenters. The van der Waals surface area contributed by atoms with E-state index in [0.717, 1.165) is 34.8 Å². The van der Waals surface area contributed by atoms with E-state index in [0.29, 0.717) is 37.8 Å². The molecule has 1 saturated heterocycles. The lowest BCUT2D eigenvalue weighted by Gasteiger charge is -2.35. The molecule has 1 amide bonds. The van der Waals surface area contributed by atoms with E-state index in [4.69, 9.17) is 14.7 Å². The summed E-state index contributed by atoms with van der Waals surface area (Å²) in [5.41, 5.74) is 1.78. The Morgan fingerprint density at radius 2 is 1.63 bits per heavy atom. The van der Waals surface area contributed by atoms with Crippen LogP contribution in [-0.2, 0) is 11.2 Å². The first-order valence-corrected chi connectivity index (χ1v) is 12.1. The van der Waals surface area contributed by atoms with Gasteiger partial charge in [-0.05, 0) is 30.2 Å². The lowest BCUT2D eigenvalue weighted by molar-refractivity contribution is -0.133. The predicted octanol–water partition coefficient (Wildman–Crippen LogP) is 3.74. The third-order valence-electron chi connectivity index (χ3n) is 6.08. The van der Waals surface area contributed by atoms with Crippen molar-refractivity contribution in [2.45, 2.75) is 20.3 Å².